The van der Waals surface area contributed by atoms with E-state index in [0.29, 0.717) is 0 Å². The van der Waals surface area contributed by atoms with Crippen molar-refractivity contribution in [3.05, 3.63) is 56.6 Å². The Hall–Kier alpha value is -1.96. The van der Waals surface area contributed by atoms with Gasteiger partial charge in [-0.05, 0) is 126 Å². The first kappa shape index (κ1) is 14.2. The highest BCUT2D eigenvalue weighted by Gasteiger charge is 2.68. The molecule has 0 radical (unpaired) electrons. The SMILES string of the molecule is Cc1cc(N)c(C)c2c1C1C3CC(C4c5c(C)cc(N)c(C)c5C34)C21. The normalized spacial score (nSPS) is 35.4. The van der Waals surface area contributed by atoms with Gasteiger partial charge in [-0.3, -0.25) is 0 Å². The van der Waals surface area contributed by atoms with Crippen LogP contribution in [0.15, 0.2) is 12.1 Å². The number of nitrogen functional groups attached to an aromatic ring is 2. The summed E-state index contributed by atoms with van der Waals surface area (Å²) >= 11 is 0. The van der Waals surface area contributed by atoms with Gasteiger partial charge in [0.1, 0.15) is 0 Å². The van der Waals surface area contributed by atoms with Gasteiger partial charge < -0.3 is 11.5 Å². The van der Waals surface area contributed by atoms with Gasteiger partial charge >= 0.3 is 0 Å². The van der Waals surface area contributed by atoms with Crippen LogP contribution in [0.1, 0.15) is 74.6 Å². The number of anilines is 2. The van der Waals surface area contributed by atoms with Crippen molar-refractivity contribution in [3.63, 3.8) is 0 Å². The number of nitrogens with two attached hydrogens (primary N) is 2. The molecule has 2 fully saturated rings. The number of fused-ring (bicyclic) bond motifs is 14. The van der Waals surface area contributed by atoms with Crippen LogP contribution < -0.4 is 11.5 Å². The molecule has 0 heterocycles. The molecule has 2 aromatic carbocycles. The third-order valence-electron chi connectivity index (χ3n) is 8.34. The Kier molecular flexibility index (Phi) is 2.31. The molecular weight excluding hydrogens is 304 g/mol. The fourth-order valence-electron chi connectivity index (χ4n) is 7.52. The van der Waals surface area contributed by atoms with E-state index in [1.54, 1.807) is 22.3 Å². The Balaban J connectivity index is 1.54. The maximum atomic E-state index is 6.30. The molecule has 2 nitrogen and oxygen atoms in total. The molecule has 128 valence electrons. The minimum Gasteiger partial charge on any atom is -0.398 e. The number of benzene rings is 2. The van der Waals surface area contributed by atoms with Crippen molar-refractivity contribution >= 4 is 11.4 Å². The lowest BCUT2D eigenvalue weighted by atomic mass is 9.48. The van der Waals surface area contributed by atoms with E-state index in [-0.39, 0.29) is 0 Å². The molecule has 4 aliphatic rings. The predicted octanol–water partition coefficient (Wildman–Crippen LogP) is 4.80. The summed E-state index contributed by atoms with van der Waals surface area (Å²) in [7, 11) is 0. The summed E-state index contributed by atoms with van der Waals surface area (Å²) in [4.78, 5) is 0. The highest BCUT2D eigenvalue weighted by molar-refractivity contribution is 5.70. The monoisotopic (exact) mass is 330 g/mol. The number of hydrogen-bond acceptors (Lipinski definition) is 2. The predicted molar refractivity (Wildman–Crippen MR) is 103 cm³/mol. The summed E-state index contributed by atoms with van der Waals surface area (Å²) in [5, 5.41) is 0. The van der Waals surface area contributed by atoms with E-state index in [0.717, 1.165) is 46.9 Å². The standard InChI is InChI=1S/C23H26N2/c1-8-5-14(24)10(3)18-16(8)20-12-7-13(22(18)20)21-17-9(2)6-15(25)11(4)19(17)23(12)21/h5-6,12-13,20-23H,7,24-25H2,1-4H3. The lowest BCUT2D eigenvalue weighted by Crippen LogP contribution is -2.43. The lowest BCUT2D eigenvalue weighted by molar-refractivity contribution is 0.225. The highest BCUT2D eigenvalue weighted by atomic mass is 14.7. The molecule has 4 N–H and O–H groups in total. The van der Waals surface area contributed by atoms with Crippen LogP contribution in [0.5, 0.6) is 0 Å². The van der Waals surface area contributed by atoms with Gasteiger partial charge in [0.25, 0.3) is 0 Å². The van der Waals surface area contributed by atoms with Crippen LogP contribution in [0.3, 0.4) is 0 Å². The summed E-state index contributed by atoms with van der Waals surface area (Å²) in [6, 6.07) is 4.41. The first-order chi connectivity index (χ1) is 11.9. The fraction of sp³-hybridized carbons (Fsp3) is 0.478. The fourth-order valence-corrected chi connectivity index (χ4v) is 7.52. The van der Waals surface area contributed by atoms with Crippen LogP contribution in [0.25, 0.3) is 0 Å². The third-order valence-corrected chi connectivity index (χ3v) is 8.34. The molecule has 2 heteroatoms. The second-order valence-corrected chi connectivity index (χ2v) is 9.14. The van der Waals surface area contributed by atoms with Gasteiger partial charge in [0.05, 0.1) is 0 Å². The Morgan fingerprint density at radius 1 is 0.640 bits per heavy atom. The van der Waals surface area contributed by atoms with Crippen LogP contribution in [0, 0.1) is 39.5 Å². The smallest absolute Gasteiger partial charge is 0.0349 e. The second-order valence-electron chi connectivity index (χ2n) is 9.14. The minimum absolute atomic E-state index is 0.758. The molecule has 2 bridgehead atoms. The highest BCUT2D eigenvalue weighted by Crippen LogP contribution is 2.80. The molecule has 6 atom stereocenters. The van der Waals surface area contributed by atoms with Crippen molar-refractivity contribution < 1.29 is 0 Å². The van der Waals surface area contributed by atoms with Crippen LogP contribution >= 0.6 is 0 Å². The maximum Gasteiger partial charge on any atom is 0.0349 e. The van der Waals surface area contributed by atoms with E-state index in [9.17, 15) is 0 Å². The number of rotatable bonds is 0. The molecule has 25 heavy (non-hydrogen) atoms. The third kappa shape index (κ3) is 1.32. The van der Waals surface area contributed by atoms with Gasteiger partial charge in [-0.15, -0.1) is 0 Å². The van der Waals surface area contributed by atoms with Gasteiger partial charge in [0.15, 0.2) is 0 Å². The van der Waals surface area contributed by atoms with Crippen molar-refractivity contribution in [1.29, 1.82) is 0 Å². The quantitative estimate of drug-likeness (QED) is 0.539. The number of hydrogen-bond donors (Lipinski definition) is 2. The summed E-state index contributed by atoms with van der Waals surface area (Å²) in [6.45, 7) is 8.99. The largest absolute Gasteiger partial charge is 0.398 e. The zero-order chi connectivity index (χ0) is 17.4. The van der Waals surface area contributed by atoms with E-state index in [2.05, 4.69) is 39.8 Å². The maximum absolute atomic E-state index is 6.30. The number of aryl methyl sites for hydroxylation is 2. The minimum atomic E-state index is 0.758. The van der Waals surface area contributed by atoms with Crippen molar-refractivity contribution in [2.45, 2.75) is 57.8 Å². The Labute approximate surface area is 149 Å². The van der Waals surface area contributed by atoms with Gasteiger partial charge in [-0.1, -0.05) is 0 Å². The zero-order valence-corrected chi connectivity index (χ0v) is 15.5. The molecule has 2 aromatic rings. The van der Waals surface area contributed by atoms with Crippen molar-refractivity contribution in [2.24, 2.45) is 11.8 Å². The van der Waals surface area contributed by atoms with Crippen molar-refractivity contribution in [1.82, 2.24) is 0 Å². The summed E-state index contributed by atoms with van der Waals surface area (Å²) in [5.41, 5.74) is 26.7. The molecule has 6 unspecified atom stereocenters. The van der Waals surface area contributed by atoms with Crippen LogP contribution in [0.4, 0.5) is 11.4 Å². The Morgan fingerprint density at radius 2 is 1.00 bits per heavy atom. The van der Waals surface area contributed by atoms with Gasteiger partial charge in [-0.25, -0.2) is 0 Å². The molecular formula is C23H26N2. The van der Waals surface area contributed by atoms with Crippen molar-refractivity contribution in [3.8, 4) is 0 Å². The van der Waals surface area contributed by atoms with E-state index < -0.39 is 0 Å². The molecule has 6 rings (SSSR count). The first-order valence-corrected chi connectivity index (χ1v) is 9.70. The zero-order valence-electron chi connectivity index (χ0n) is 15.5. The summed E-state index contributed by atoms with van der Waals surface area (Å²) in [5.74, 6) is 4.70. The van der Waals surface area contributed by atoms with E-state index in [1.165, 1.54) is 28.7 Å². The van der Waals surface area contributed by atoms with E-state index >= 15 is 0 Å². The molecule has 0 saturated heterocycles. The molecule has 2 saturated carbocycles. The lowest BCUT2D eigenvalue weighted by Gasteiger charge is -2.56. The Morgan fingerprint density at radius 3 is 1.40 bits per heavy atom. The first-order valence-electron chi connectivity index (χ1n) is 9.70. The van der Waals surface area contributed by atoms with Gasteiger partial charge in [-0.2, -0.15) is 0 Å². The van der Waals surface area contributed by atoms with Crippen molar-refractivity contribution in [2.75, 3.05) is 11.5 Å². The van der Waals surface area contributed by atoms with Gasteiger partial charge in [0, 0.05) is 11.4 Å². The molecule has 0 spiro atoms. The average Bonchev–Trinajstić information content (AvgIpc) is 2.92. The topological polar surface area (TPSA) is 52.0 Å². The van der Waals surface area contributed by atoms with E-state index in [1.807, 2.05) is 0 Å². The molecule has 0 amide bonds. The Bertz CT molecular complexity index is 907. The second kappa shape index (κ2) is 4.06. The average molecular weight is 330 g/mol. The summed E-state index contributed by atoms with van der Waals surface area (Å²) in [6.07, 6.45) is 1.39. The van der Waals surface area contributed by atoms with Crippen LogP contribution in [0.2, 0.25) is 0 Å². The van der Waals surface area contributed by atoms with Gasteiger partial charge in [0.2, 0.25) is 0 Å². The molecule has 0 aromatic heterocycles. The summed E-state index contributed by atoms with van der Waals surface area (Å²) < 4.78 is 0. The van der Waals surface area contributed by atoms with Crippen LogP contribution in [-0.2, 0) is 0 Å². The molecule has 0 aliphatic heterocycles. The van der Waals surface area contributed by atoms with Crippen LogP contribution in [-0.4, -0.2) is 0 Å². The molecule has 4 aliphatic carbocycles. The van der Waals surface area contributed by atoms with E-state index in [4.69, 9.17) is 11.5 Å².